The van der Waals surface area contributed by atoms with E-state index < -0.39 is 0 Å². The van der Waals surface area contributed by atoms with Crippen LogP contribution in [0.4, 0.5) is 4.39 Å². The summed E-state index contributed by atoms with van der Waals surface area (Å²) in [6.45, 7) is 1.17. The standard InChI is InChI=1S/C18H17FN6O/c19-15-5-3-14(4-6-15)18(26)24-11-1-2-16(12-24)25-22-17(21-23-25)13-7-9-20-10-8-13/h3-10,16H,1-2,11-12H2/t16-/m0/s1. The van der Waals surface area contributed by atoms with E-state index in [-0.39, 0.29) is 17.8 Å². The van der Waals surface area contributed by atoms with Gasteiger partial charge < -0.3 is 4.90 Å². The molecule has 7 nitrogen and oxygen atoms in total. The lowest BCUT2D eigenvalue weighted by Gasteiger charge is -2.31. The van der Waals surface area contributed by atoms with Gasteiger partial charge in [-0.15, -0.1) is 10.2 Å². The number of carbonyl (C=O) groups excluding carboxylic acids is 1. The largest absolute Gasteiger partial charge is 0.336 e. The van der Waals surface area contributed by atoms with Crippen LogP contribution in [0, 0.1) is 5.82 Å². The van der Waals surface area contributed by atoms with Gasteiger partial charge in [0.15, 0.2) is 0 Å². The van der Waals surface area contributed by atoms with Crippen molar-refractivity contribution in [2.75, 3.05) is 13.1 Å². The normalized spacial score (nSPS) is 17.3. The molecule has 1 saturated heterocycles. The maximum atomic E-state index is 13.1. The highest BCUT2D eigenvalue weighted by Crippen LogP contribution is 2.22. The lowest BCUT2D eigenvalue weighted by molar-refractivity contribution is 0.0663. The van der Waals surface area contributed by atoms with Gasteiger partial charge in [-0.3, -0.25) is 9.78 Å². The van der Waals surface area contributed by atoms with Crippen LogP contribution in [0.3, 0.4) is 0 Å². The number of rotatable bonds is 3. The van der Waals surface area contributed by atoms with Gasteiger partial charge in [0.1, 0.15) is 5.82 Å². The molecule has 2 aromatic heterocycles. The third-order valence-corrected chi connectivity index (χ3v) is 4.47. The van der Waals surface area contributed by atoms with E-state index in [0.29, 0.717) is 24.5 Å². The Labute approximate surface area is 149 Å². The van der Waals surface area contributed by atoms with Crippen LogP contribution in [0.5, 0.6) is 0 Å². The van der Waals surface area contributed by atoms with E-state index in [1.54, 1.807) is 22.1 Å². The lowest BCUT2D eigenvalue weighted by atomic mass is 10.0. The second-order valence-electron chi connectivity index (χ2n) is 6.22. The molecular weight excluding hydrogens is 335 g/mol. The Morgan fingerprint density at radius 1 is 1.12 bits per heavy atom. The fourth-order valence-corrected chi connectivity index (χ4v) is 3.10. The number of tetrazole rings is 1. The number of benzene rings is 1. The van der Waals surface area contributed by atoms with Crippen molar-refractivity contribution in [2.24, 2.45) is 0 Å². The Bertz CT molecular complexity index is 896. The van der Waals surface area contributed by atoms with E-state index in [4.69, 9.17) is 0 Å². The molecule has 0 N–H and O–H groups in total. The van der Waals surface area contributed by atoms with E-state index in [0.717, 1.165) is 18.4 Å². The quantitative estimate of drug-likeness (QED) is 0.723. The van der Waals surface area contributed by atoms with Crippen LogP contribution in [-0.4, -0.2) is 49.1 Å². The average molecular weight is 352 g/mol. The molecule has 0 spiro atoms. The van der Waals surface area contributed by atoms with E-state index in [1.165, 1.54) is 24.3 Å². The molecule has 1 amide bonds. The number of piperidine rings is 1. The number of nitrogens with zero attached hydrogens (tertiary/aromatic N) is 6. The molecular formula is C18H17FN6O. The minimum atomic E-state index is -0.353. The number of hydrogen-bond donors (Lipinski definition) is 0. The van der Waals surface area contributed by atoms with E-state index in [9.17, 15) is 9.18 Å². The van der Waals surface area contributed by atoms with Crippen LogP contribution < -0.4 is 0 Å². The van der Waals surface area contributed by atoms with Crippen molar-refractivity contribution in [3.63, 3.8) is 0 Å². The number of carbonyl (C=O) groups is 1. The highest BCUT2D eigenvalue weighted by molar-refractivity contribution is 5.94. The summed E-state index contributed by atoms with van der Waals surface area (Å²) in [5.74, 6) is 0.0760. The third-order valence-electron chi connectivity index (χ3n) is 4.47. The number of amides is 1. The Morgan fingerprint density at radius 3 is 2.65 bits per heavy atom. The molecule has 26 heavy (non-hydrogen) atoms. The predicted molar refractivity (Wildman–Crippen MR) is 91.6 cm³/mol. The SMILES string of the molecule is O=C(c1ccc(F)cc1)N1CCC[C@H](n2nnc(-c3ccncc3)n2)C1. The first-order valence-corrected chi connectivity index (χ1v) is 8.45. The molecule has 1 fully saturated rings. The highest BCUT2D eigenvalue weighted by Gasteiger charge is 2.27. The Morgan fingerprint density at radius 2 is 1.88 bits per heavy atom. The maximum absolute atomic E-state index is 13.1. The molecule has 1 aliphatic heterocycles. The van der Waals surface area contributed by atoms with E-state index in [2.05, 4.69) is 20.4 Å². The van der Waals surface area contributed by atoms with Crippen molar-refractivity contribution in [3.8, 4) is 11.4 Å². The van der Waals surface area contributed by atoms with Crippen molar-refractivity contribution < 1.29 is 9.18 Å². The molecule has 0 unspecified atom stereocenters. The summed E-state index contributed by atoms with van der Waals surface area (Å²) in [7, 11) is 0. The van der Waals surface area contributed by atoms with Gasteiger partial charge in [-0.1, -0.05) is 0 Å². The average Bonchev–Trinajstić information content (AvgIpc) is 3.19. The summed E-state index contributed by atoms with van der Waals surface area (Å²) in [5, 5.41) is 12.7. The summed E-state index contributed by atoms with van der Waals surface area (Å²) in [4.78, 5) is 20.0. The maximum Gasteiger partial charge on any atom is 0.253 e. The van der Waals surface area contributed by atoms with Crippen LogP contribution in [0.15, 0.2) is 48.8 Å². The zero-order valence-electron chi connectivity index (χ0n) is 14.0. The topological polar surface area (TPSA) is 76.8 Å². The second kappa shape index (κ2) is 6.99. The Hall–Kier alpha value is -3.16. The summed E-state index contributed by atoms with van der Waals surface area (Å²) in [5.41, 5.74) is 1.33. The summed E-state index contributed by atoms with van der Waals surface area (Å²) in [6.07, 6.45) is 5.09. The summed E-state index contributed by atoms with van der Waals surface area (Å²) in [6, 6.07) is 9.24. The first-order chi connectivity index (χ1) is 12.7. The van der Waals surface area contributed by atoms with Gasteiger partial charge >= 0.3 is 0 Å². The van der Waals surface area contributed by atoms with Gasteiger partial charge in [-0.2, -0.15) is 4.80 Å². The van der Waals surface area contributed by atoms with Gasteiger partial charge in [0, 0.05) is 36.6 Å². The molecule has 1 atom stereocenters. The molecule has 0 saturated carbocycles. The Balaban J connectivity index is 1.49. The van der Waals surface area contributed by atoms with Gasteiger partial charge in [-0.05, 0) is 54.5 Å². The minimum Gasteiger partial charge on any atom is -0.336 e. The van der Waals surface area contributed by atoms with Crippen molar-refractivity contribution in [1.29, 1.82) is 0 Å². The van der Waals surface area contributed by atoms with Crippen LogP contribution >= 0.6 is 0 Å². The van der Waals surface area contributed by atoms with Crippen molar-refractivity contribution >= 4 is 5.91 Å². The summed E-state index contributed by atoms with van der Waals surface area (Å²) >= 11 is 0. The molecule has 0 radical (unpaired) electrons. The van der Waals surface area contributed by atoms with Gasteiger partial charge in [0.2, 0.25) is 5.82 Å². The zero-order valence-corrected chi connectivity index (χ0v) is 14.0. The minimum absolute atomic E-state index is 0.0313. The fraction of sp³-hybridized carbons (Fsp3) is 0.278. The highest BCUT2D eigenvalue weighted by atomic mass is 19.1. The number of hydrogen-bond acceptors (Lipinski definition) is 5. The second-order valence-corrected chi connectivity index (χ2v) is 6.22. The van der Waals surface area contributed by atoms with Crippen LogP contribution in [0.2, 0.25) is 0 Å². The van der Waals surface area contributed by atoms with Crippen molar-refractivity contribution in [1.82, 2.24) is 30.1 Å². The molecule has 1 aliphatic rings. The number of halogens is 1. The molecule has 8 heteroatoms. The zero-order chi connectivity index (χ0) is 17.9. The van der Waals surface area contributed by atoms with Crippen molar-refractivity contribution in [2.45, 2.75) is 18.9 Å². The van der Waals surface area contributed by atoms with E-state index in [1.807, 2.05) is 12.1 Å². The molecule has 1 aromatic carbocycles. The van der Waals surface area contributed by atoms with Gasteiger partial charge in [-0.25, -0.2) is 4.39 Å². The number of pyridine rings is 1. The van der Waals surface area contributed by atoms with Crippen LogP contribution in [-0.2, 0) is 0 Å². The molecule has 3 aromatic rings. The monoisotopic (exact) mass is 352 g/mol. The lowest BCUT2D eigenvalue weighted by Crippen LogP contribution is -2.41. The molecule has 3 heterocycles. The molecule has 132 valence electrons. The summed E-state index contributed by atoms with van der Waals surface area (Å²) < 4.78 is 13.1. The number of aromatic nitrogens is 5. The Kier molecular flexibility index (Phi) is 4.39. The van der Waals surface area contributed by atoms with Crippen LogP contribution in [0.1, 0.15) is 29.2 Å². The smallest absolute Gasteiger partial charge is 0.253 e. The van der Waals surface area contributed by atoms with E-state index >= 15 is 0 Å². The molecule has 4 rings (SSSR count). The van der Waals surface area contributed by atoms with Crippen molar-refractivity contribution in [3.05, 3.63) is 60.2 Å². The predicted octanol–water partition coefficient (Wildman–Crippen LogP) is 2.35. The van der Waals surface area contributed by atoms with Gasteiger partial charge in [0.25, 0.3) is 5.91 Å². The fourth-order valence-electron chi connectivity index (χ4n) is 3.10. The van der Waals surface area contributed by atoms with Crippen LogP contribution in [0.25, 0.3) is 11.4 Å². The number of likely N-dealkylation sites (tertiary alicyclic amines) is 1. The third kappa shape index (κ3) is 3.30. The molecule has 0 bridgehead atoms. The van der Waals surface area contributed by atoms with Gasteiger partial charge in [0.05, 0.1) is 6.04 Å². The first-order valence-electron chi connectivity index (χ1n) is 8.45. The molecule has 0 aliphatic carbocycles. The first kappa shape index (κ1) is 16.3.